The second kappa shape index (κ2) is 5.96. The van der Waals surface area contributed by atoms with Gasteiger partial charge in [0, 0.05) is 11.8 Å². The molecule has 0 saturated heterocycles. The van der Waals surface area contributed by atoms with Crippen LogP contribution in [-0.2, 0) is 0 Å². The van der Waals surface area contributed by atoms with Crippen molar-refractivity contribution in [3.05, 3.63) is 69.9 Å². The smallest absolute Gasteiger partial charge is 0.00257 e. The molecule has 0 aromatic carbocycles. The highest BCUT2D eigenvalue weighted by molar-refractivity contribution is 6.64. The molecular weight excluding hydrogens is 280 g/mol. The highest BCUT2D eigenvalue weighted by Crippen LogP contribution is 2.45. The topological polar surface area (TPSA) is 0 Å². The third-order valence-electron chi connectivity index (χ3n) is 4.84. The van der Waals surface area contributed by atoms with Crippen molar-refractivity contribution in [1.29, 1.82) is 0 Å². The van der Waals surface area contributed by atoms with Crippen molar-refractivity contribution in [3.8, 4) is 0 Å². The van der Waals surface area contributed by atoms with Crippen LogP contribution in [0.15, 0.2) is 69.9 Å². The lowest BCUT2D eigenvalue weighted by Crippen LogP contribution is -2.13. The Morgan fingerprint density at radius 1 is 1.18 bits per heavy atom. The third kappa shape index (κ3) is 2.63. The first-order chi connectivity index (χ1) is 10.5. The lowest BCUT2D eigenvalue weighted by Gasteiger charge is -2.21. The van der Waals surface area contributed by atoms with Gasteiger partial charge >= 0.3 is 0 Å². The second-order valence-electron chi connectivity index (χ2n) is 7.00. The number of rotatable bonds is 2. The first-order valence-corrected chi connectivity index (χ1v) is 10.9. The van der Waals surface area contributed by atoms with E-state index >= 15 is 0 Å². The predicted molar refractivity (Wildman–Crippen MR) is 101 cm³/mol. The fourth-order valence-corrected chi connectivity index (χ4v) is 5.07. The van der Waals surface area contributed by atoms with E-state index in [4.69, 9.17) is 0 Å². The van der Waals surface area contributed by atoms with E-state index in [1.54, 1.807) is 11.1 Å². The van der Waals surface area contributed by atoms with Crippen LogP contribution < -0.4 is 0 Å². The van der Waals surface area contributed by atoms with E-state index in [0.29, 0.717) is 11.8 Å². The zero-order chi connectivity index (χ0) is 15.9. The Bertz CT molecular complexity index is 713. The number of fused-ring (bicyclic) bond motifs is 1. The molecule has 114 valence electrons. The van der Waals surface area contributed by atoms with Crippen LogP contribution in [0.4, 0.5) is 0 Å². The molecule has 1 heteroatoms. The Kier molecular flexibility index (Phi) is 4.18. The van der Waals surface area contributed by atoms with Crippen LogP contribution >= 0.6 is 0 Å². The summed E-state index contributed by atoms with van der Waals surface area (Å²) >= 11 is 0. The van der Waals surface area contributed by atoms with Crippen molar-refractivity contribution in [2.75, 3.05) is 0 Å². The van der Waals surface area contributed by atoms with Crippen molar-refractivity contribution in [1.82, 2.24) is 0 Å². The van der Waals surface area contributed by atoms with E-state index in [0.717, 1.165) is 6.42 Å². The standard InChI is InChI=1S/C21H26Si/c1-14-10-11-15(2)19(14)20-16(3)12-17-8-6-7-9-18(21(17)20)13-22(4)5/h6-8,10-14,18H,9H2,1-5H3. The molecule has 0 amide bonds. The Morgan fingerprint density at radius 3 is 2.59 bits per heavy atom. The first-order valence-electron chi connectivity index (χ1n) is 8.33. The van der Waals surface area contributed by atoms with Gasteiger partial charge < -0.3 is 0 Å². The van der Waals surface area contributed by atoms with Crippen molar-refractivity contribution < 1.29 is 0 Å². The number of allylic oxidation sites excluding steroid dienone is 12. The third-order valence-corrected chi connectivity index (χ3v) is 5.91. The Labute approximate surface area is 136 Å². The molecule has 2 atom stereocenters. The maximum Gasteiger partial charge on any atom is 0.00257 e. The molecule has 0 radical (unpaired) electrons. The minimum atomic E-state index is -0.352. The molecular formula is C21H26Si. The Balaban J connectivity index is 2.20. The van der Waals surface area contributed by atoms with Gasteiger partial charge in [-0.2, -0.15) is 0 Å². The summed E-state index contributed by atoms with van der Waals surface area (Å²) in [7, 11) is -0.352. The molecule has 0 nitrogen and oxygen atoms in total. The summed E-state index contributed by atoms with van der Waals surface area (Å²) in [6, 6.07) is 0. The van der Waals surface area contributed by atoms with Crippen LogP contribution in [0.5, 0.6) is 0 Å². The van der Waals surface area contributed by atoms with Crippen LogP contribution in [0.2, 0.25) is 13.1 Å². The number of hydrogen-bond donors (Lipinski definition) is 0. The Morgan fingerprint density at radius 2 is 1.95 bits per heavy atom. The van der Waals surface area contributed by atoms with Crippen molar-refractivity contribution in [2.24, 2.45) is 11.8 Å². The molecule has 0 saturated carbocycles. The maximum atomic E-state index is 2.62. The molecule has 0 bridgehead atoms. The zero-order valence-electron chi connectivity index (χ0n) is 14.4. The van der Waals surface area contributed by atoms with Crippen molar-refractivity contribution in [3.63, 3.8) is 0 Å². The first kappa shape index (κ1) is 15.4. The molecule has 0 heterocycles. The summed E-state index contributed by atoms with van der Waals surface area (Å²) in [6.07, 6.45) is 15.1. The van der Waals surface area contributed by atoms with E-state index < -0.39 is 0 Å². The van der Waals surface area contributed by atoms with E-state index in [-0.39, 0.29) is 8.41 Å². The molecule has 0 aliphatic heterocycles. The molecule has 0 N–H and O–H groups in total. The highest BCUT2D eigenvalue weighted by Gasteiger charge is 2.30. The van der Waals surface area contributed by atoms with Gasteiger partial charge in [0.2, 0.25) is 0 Å². The van der Waals surface area contributed by atoms with Crippen molar-refractivity contribution in [2.45, 2.75) is 40.3 Å². The fraction of sp³-hybridized carbons (Fsp3) is 0.381. The maximum absolute atomic E-state index is 2.62. The highest BCUT2D eigenvalue weighted by atomic mass is 28.2. The second-order valence-corrected chi connectivity index (χ2v) is 9.48. The summed E-state index contributed by atoms with van der Waals surface area (Å²) in [4.78, 5) is 0. The summed E-state index contributed by atoms with van der Waals surface area (Å²) in [5.74, 6) is 1.11. The van der Waals surface area contributed by atoms with E-state index in [9.17, 15) is 0 Å². The molecule has 3 rings (SSSR count). The average Bonchev–Trinajstić information content (AvgIpc) is 2.85. The summed E-state index contributed by atoms with van der Waals surface area (Å²) in [6.45, 7) is 11.7. The van der Waals surface area contributed by atoms with E-state index in [1.165, 1.54) is 22.3 Å². The fourth-order valence-electron chi connectivity index (χ4n) is 3.96. The molecule has 2 unspecified atom stereocenters. The normalized spacial score (nSPS) is 27.0. The van der Waals surface area contributed by atoms with Crippen LogP contribution in [0.1, 0.15) is 27.2 Å². The molecule has 0 fully saturated rings. The molecule has 0 aromatic rings. The Hall–Kier alpha value is -1.47. The summed E-state index contributed by atoms with van der Waals surface area (Å²) in [5, 5.41) is 0. The molecule has 0 spiro atoms. The molecule has 3 aliphatic carbocycles. The lowest BCUT2D eigenvalue weighted by atomic mass is 9.84. The quantitative estimate of drug-likeness (QED) is 0.599. The van der Waals surface area contributed by atoms with Gasteiger partial charge in [0.15, 0.2) is 0 Å². The van der Waals surface area contributed by atoms with Gasteiger partial charge in [0.1, 0.15) is 0 Å². The van der Waals surface area contributed by atoms with E-state index in [2.05, 4.69) is 76.0 Å². The lowest BCUT2D eigenvalue weighted by molar-refractivity contribution is 0.836. The van der Waals surface area contributed by atoms with Gasteiger partial charge in [-0.1, -0.05) is 62.1 Å². The number of hydrogen-bond acceptors (Lipinski definition) is 0. The summed E-state index contributed by atoms with van der Waals surface area (Å²) in [5.41, 5.74) is 11.6. The minimum absolute atomic E-state index is 0.352. The van der Waals surface area contributed by atoms with Gasteiger partial charge in [0.25, 0.3) is 0 Å². The molecule has 3 aliphatic rings. The van der Waals surface area contributed by atoms with Gasteiger partial charge in [-0.05, 0) is 62.1 Å². The average molecular weight is 307 g/mol. The van der Waals surface area contributed by atoms with Gasteiger partial charge in [-0.3, -0.25) is 0 Å². The SMILES string of the molecule is CC1=CC2=CC=CCC(C=[Si](C)C)C2=C1C1=C(C)C=CC1C. The van der Waals surface area contributed by atoms with Crippen LogP contribution in [0.25, 0.3) is 0 Å². The minimum Gasteiger partial charge on any atom is -0.0963 e. The van der Waals surface area contributed by atoms with Crippen molar-refractivity contribution >= 4 is 14.1 Å². The van der Waals surface area contributed by atoms with Crippen LogP contribution in [0.3, 0.4) is 0 Å². The van der Waals surface area contributed by atoms with Crippen LogP contribution in [-0.4, -0.2) is 14.1 Å². The molecule has 0 aromatic heterocycles. The van der Waals surface area contributed by atoms with Gasteiger partial charge in [-0.15, -0.1) is 0 Å². The van der Waals surface area contributed by atoms with Gasteiger partial charge in [-0.25, -0.2) is 0 Å². The zero-order valence-corrected chi connectivity index (χ0v) is 15.4. The van der Waals surface area contributed by atoms with Crippen LogP contribution in [0, 0.1) is 11.8 Å². The van der Waals surface area contributed by atoms with E-state index in [1.807, 2.05) is 0 Å². The van der Waals surface area contributed by atoms with Gasteiger partial charge in [0.05, 0.1) is 0 Å². The molecule has 22 heavy (non-hydrogen) atoms. The predicted octanol–water partition coefficient (Wildman–Crippen LogP) is 5.41. The largest absolute Gasteiger partial charge is 0.0963 e. The summed E-state index contributed by atoms with van der Waals surface area (Å²) < 4.78 is 0. The monoisotopic (exact) mass is 306 g/mol.